The number of carbonyl (C=O) groups is 2. The van der Waals surface area contributed by atoms with Crippen molar-refractivity contribution in [1.82, 2.24) is 25.6 Å². The predicted octanol–water partition coefficient (Wildman–Crippen LogP) is -0.990. The molecule has 14 nitrogen and oxygen atoms in total. The largest absolute Gasteiger partial charge is 0.377 e. The van der Waals surface area contributed by atoms with Crippen LogP contribution in [0.3, 0.4) is 0 Å². The molecule has 0 saturated carbocycles. The Morgan fingerprint density at radius 3 is 2.37 bits per heavy atom. The topological polar surface area (TPSA) is 170 Å². The second-order valence-electron chi connectivity index (χ2n) is 8.64. The molecule has 4 N–H and O–H groups in total. The maximum absolute atomic E-state index is 11.4. The molecule has 218 valence electrons. The molecule has 0 radical (unpaired) electrons. The van der Waals surface area contributed by atoms with Crippen molar-refractivity contribution in [1.29, 1.82) is 0 Å². The van der Waals surface area contributed by atoms with E-state index in [0.29, 0.717) is 97.9 Å². The second-order valence-corrected chi connectivity index (χ2v) is 8.64. The summed E-state index contributed by atoms with van der Waals surface area (Å²) in [6.45, 7) is 7.98. The van der Waals surface area contributed by atoms with Crippen molar-refractivity contribution >= 4 is 11.8 Å². The fourth-order valence-corrected chi connectivity index (χ4v) is 3.44. The number of hydrogen-bond donors (Lipinski definition) is 3. The van der Waals surface area contributed by atoms with Crippen molar-refractivity contribution in [2.75, 3.05) is 79.2 Å². The quantitative estimate of drug-likeness (QED) is 0.153. The zero-order valence-electron chi connectivity index (χ0n) is 22.4. The normalized spacial score (nSPS) is 17.4. The molecule has 0 aliphatic carbocycles. The smallest absolute Gasteiger partial charge is 0.233 e. The van der Waals surface area contributed by atoms with Gasteiger partial charge in [0.1, 0.15) is 5.69 Å². The lowest BCUT2D eigenvalue weighted by Crippen LogP contribution is -2.43. The van der Waals surface area contributed by atoms with Crippen molar-refractivity contribution in [2.45, 2.75) is 51.5 Å². The van der Waals surface area contributed by atoms with Gasteiger partial charge in [-0.2, -0.15) is 0 Å². The average molecular weight is 545 g/mol. The highest BCUT2D eigenvalue weighted by atomic mass is 16.6. The van der Waals surface area contributed by atoms with Crippen molar-refractivity contribution in [2.24, 2.45) is 5.73 Å². The first-order valence-corrected chi connectivity index (χ1v) is 13.3. The zero-order chi connectivity index (χ0) is 27.3. The van der Waals surface area contributed by atoms with Crippen LogP contribution in [0.15, 0.2) is 6.20 Å². The summed E-state index contributed by atoms with van der Waals surface area (Å²) in [5, 5.41) is 13.6. The van der Waals surface area contributed by atoms with E-state index in [1.807, 2.05) is 6.92 Å². The molecular weight excluding hydrogens is 500 g/mol. The SMILES string of the molecule is CCC(=O)N[C@@H]1CC[C@@H](COCCOCCOCCOCCn2cc(COCCNC(=O)CN)nn2)OC1. The van der Waals surface area contributed by atoms with E-state index in [1.165, 1.54) is 0 Å². The van der Waals surface area contributed by atoms with Gasteiger partial charge in [0.25, 0.3) is 0 Å². The third-order valence-corrected chi connectivity index (χ3v) is 5.53. The number of rotatable bonds is 22. The lowest BCUT2D eigenvalue weighted by molar-refractivity contribution is -0.123. The first kappa shape index (κ1) is 32.0. The van der Waals surface area contributed by atoms with E-state index in [0.717, 1.165) is 12.8 Å². The number of aromatic nitrogens is 3. The molecule has 2 rings (SSSR count). The molecule has 0 unspecified atom stereocenters. The van der Waals surface area contributed by atoms with Gasteiger partial charge in [0.15, 0.2) is 0 Å². The van der Waals surface area contributed by atoms with Crippen LogP contribution < -0.4 is 16.4 Å². The molecule has 0 bridgehead atoms. The van der Waals surface area contributed by atoms with Gasteiger partial charge in [-0.05, 0) is 12.8 Å². The minimum absolute atomic E-state index is 0.0318. The first-order chi connectivity index (χ1) is 18.6. The summed E-state index contributed by atoms with van der Waals surface area (Å²) < 4.78 is 35.1. The van der Waals surface area contributed by atoms with Gasteiger partial charge < -0.3 is 44.8 Å². The third kappa shape index (κ3) is 15.3. The number of nitrogens with two attached hydrogens (primary N) is 1. The number of hydrogen-bond acceptors (Lipinski definition) is 11. The van der Waals surface area contributed by atoms with E-state index in [2.05, 4.69) is 20.9 Å². The fraction of sp³-hybridized carbons (Fsp3) is 0.833. The number of nitrogens with one attached hydrogen (secondary N) is 2. The van der Waals surface area contributed by atoms with Gasteiger partial charge >= 0.3 is 0 Å². The predicted molar refractivity (Wildman–Crippen MR) is 136 cm³/mol. The highest BCUT2D eigenvalue weighted by Crippen LogP contribution is 2.14. The highest BCUT2D eigenvalue weighted by molar-refractivity contribution is 5.77. The average Bonchev–Trinajstić information content (AvgIpc) is 3.39. The van der Waals surface area contributed by atoms with E-state index in [-0.39, 0.29) is 30.5 Å². The van der Waals surface area contributed by atoms with Gasteiger partial charge in [-0.3, -0.25) is 9.59 Å². The minimum Gasteiger partial charge on any atom is -0.377 e. The molecule has 1 aliphatic rings. The lowest BCUT2D eigenvalue weighted by atomic mass is 10.1. The first-order valence-electron chi connectivity index (χ1n) is 13.3. The van der Waals surface area contributed by atoms with Crippen LogP contribution in [0, 0.1) is 0 Å². The summed E-state index contributed by atoms with van der Waals surface area (Å²) in [5.74, 6) is -0.149. The summed E-state index contributed by atoms with van der Waals surface area (Å²) in [6, 6.07) is 0.108. The van der Waals surface area contributed by atoms with Crippen LogP contribution in [0.25, 0.3) is 0 Å². The Hall–Kier alpha value is -2.20. The van der Waals surface area contributed by atoms with Crippen LogP contribution in [-0.4, -0.2) is 118 Å². The van der Waals surface area contributed by atoms with Gasteiger partial charge in [-0.1, -0.05) is 12.1 Å². The molecular formula is C24H44N6O8. The molecule has 1 saturated heterocycles. The number of ether oxygens (including phenoxy) is 6. The number of carbonyl (C=O) groups excluding carboxylic acids is 2. The Labute approximate surface area is 224 Å². The van der Waals surface area contributed by atoms with Crippen molar-refractivity contribution in [3.63, 3.8) is 0 Å². The van der Waals surface area contributed by atoms with Crippen LogP contribution in [0.4, 0.5) is 0 Å². The van der Waals surface area contributed by atoms with Gasteiger partial charge in [0.05, 0.1) is 104 Å². The van der Waals surface area contributed by atoms with Crippen molar-refractivity contribution in [3.05, 3.63) is 11.9 Å². The van der Waals surface area contributed by atoms with Crippen molar-refractivity contribution in [3.8, 4) is 0 Å². The van der Waals surface area contributed by atoms with E-state index in [1.54, 1.807) is 10.9 Å². The molecule has 38 heavy (non-hydrogen) atoms. The summed E-state index contributed by atoms with van der Waals surface area (Å²) >= 11 is 0. The van der Waals surface area contributed by atoms with Crippen LogP contribution in [0.2, 0.25) is 0 Å². The molecule has 14 heteroatoms. The van der Waals surface area contributed by atoms with Gasteiger partial charge in [-0.15, -0.1) is 5.10 Å². The summed E-state index contributed by atoms with van der Waals surface area (Å²) in [4.78, 5) is 22.4. The molecule has 1 fully saturated rings. The van der Waals surface area contributed by atoms with Gasteiger partial charge in [0, 0.05) is 13.0 Å². The molecule has 2 atom stereocenters. The highest BCUT2D eigenvalue weighted by Gasteiger charge is 2.22. The summed E-state index contributed by atoms with van der Waals surface area (Å²) in [5.41, 5.74) is 5.91. The standard InChI is InChI=1S/C24H44N6O8/c1-2-23(31)27-20-3-4-22(38-18-20)19-37-14-13-35-12-11-34-10-9-33-8-6-30-16-21(28-29-30)17-36-7-5-26-24(32)15-25/h16,20,22H,2-15,17-19,25H2,1H3,(H,26,32)(H,27,31)/t20-,22+/m1/s1. The van der Waals surface area contributed by atoms with Gasteiger partial charge in [-0.25, -0.2) is 4.68 Å². The van der Waals surface area contributed by atoms with Crippen molar-refractivity contribution < 1.29 is 38.0 Å². The Bertz CT molecular complexity index is 760. The Balaban J connectivity index is 1.31. The second kappa shape index (κ2) is 20.7. The summed E-state index contributed by atoms with van der Waals surface area (Å²) in [7, 11) is 0. The lowest BCUT2D eigenvalue weighted by Gasteiger charge is -2.29. The monoisotopic (exact) mass is 544 g/mol. The molecule has 1 aliphatic heterocycles. The molecule has 0 aromatic carbocycles. The number of nitrogens with zero attached hydrogens (tertiary/aromatic N) is 3. The van der Waals surface area contributed by atoms with Crippen LogP contribution in [0.5, 0.6) is 0 Å². The number of amides is 2. The third-order valence-electron chi connectivity index (χ3n) is 5.53. The van der Waals surface area contributed by atoms with E-state index in [4.69, 9.17) is 34.2 Å². The van der Waals surface area contributed by atoms with Crippen LogP contribution >= 0.6 is 0 Å². The molecule has 1 aromatic heterocycles. The van der Waals surface area contributed by atoms with E-state index >= 15 is 0 Å². The Morgan fingerprint density at radius 1 is 1.00 bits per heavy atom. The van der Waals surface area contributed by atoms with Gasteiger partial charge in [0.2, 0.25) is 11.8 Å². The Morgan fingerprint density at radius 2 is 1.71 bits per heavy atom. The van der Waals surface area contributed by atoms with Crippen LogP contribution in [-0.2, 0) is 51.2 Å². The molecule has 2 amide bonds. The zero-order valence-corrected chi connectivity index (χ0v) is 22.4. The molecule has 0 spiro atoms. The fourth-order valence-electron chi connectivity index (χ4n) is 3.44. The summed E-state index contributed by atoms with van der Waals surface area (Å²) in [6.07, 6.45) is 4.15. The molecule has 2 heterocycles. The minimum atomic E-state index is -0.211. The maximum Gasteiger partial charge on any atom is 0.233 e. The van der Waals surface area contributed by atoms with Crippen LogP contribution in [0.1, 0.15) is 31.9 Å². The maximum atomic E-state index is 11.4. The Kier molecular flexibility index (Phi) is 17.5. The van der Waals surface area contributed by atoms with E-state index in [9.17, 15) is 9.59 Å². The molecule has 1 aromatic rings. The van der Waals surface area contributed by atoms with E-state index < -0.39 is 0 Å².